The Hall–Kier alpha value is -1.67. The zero-order chi connectivity index (χ0) is 13.4. The summed E-state index contributed by atoms with van der Waals surface area (Å²) < 4.78 is 0. The third-order valence-electron chi connectivity index (χ3n) is 4.68. The van der Waals surface area contributed by atoms with Crippen LogP contribution in [0.4, 0.5) is 0 Å². The smallest absolute Gasteiger partial charge is 0.0479 e. The molecule has 2 atom stereocenters. The minimum absolute atomic E-state index is 0.641. The van der Waals surface area contributed by atoms with Gasteiger partial charge in [-0.1, -0.05) is 36.4 Å². The molecule has 0 saturated carbocycles. The van der Waals surface area contributed by atoms with Gasteiger partial charge in [0.05, 0.1) is 0 Å². The number of fused-ring (bicyclic) bond motifs is 4. The summed E-state index contributed by atoms with van der Waals surface area (Å²) in [4.78, 5) is 7.27. The average Bonchev–Trinajstić information content (AvgIpc) is 2.48. The highest BCUT2D eigenvalue weighted by Crippen LogP contribution is 2.38. The number of rotatable bonds is 2. The third kappa shape index (κ3) is 2.25. The van der Waals surface area contributed by atoms with Crippen LogP contribution in [0.2, 0.25) is 0 Å². The standard InChI is InChI=1S/C18H20N2/c1-2-5-14(6-3-1)11-20-12-15-9-16-7-4-8-19-18(16)17(10-15)13-20/h1-8,15,17H,9-13H2. The minimum Gasteiger partial charge on any atom is -0.298 e. The van der Waals surface area contributed by atoms with E-state index < -0.39 is 0 Å². The number of piperidine rings is 1. The van der Waals surface area contributed by atoms with Gasteiger partial charge in [0, 0.05) is 37.4 Å². The molecule has 0 N–H and O–H groups in total. The van der Waals surface area contributed by atoms with E-state index in [0.29, 0.717) is 5.92 Å². The summed E-state index contributed by atoms with van der Waals surface area (Å²) in [5, 5.41) is 0. The van der Waals surface area contributed by atoms with Crippen LogP contribution >= 0.6 is 0 Å². The van der Waals surface area contributed by atoms with Crippen molar-refractivity contribution in [1.29, 1.82) is 0 Å². The van der Waals surface area contributed by atoms with E-state index in [-0.39, 0.29) is 0 Å². The maximum Gasteiger partial charge on any atom is 0.0479 e. The lowest BCUT2D eigenvalue weighted by atomic mass is 9.76. The molecule has 2 aliphatic rings. The molecule has 4 rings (SSSR count). The van der Waals surface area contributed by atoms with Crippen molar-refractivity contribution in [2.75, 3.05) is 13.1 Å². The van der Waals surface area contributed by atoms with E-state index in [1.807, 2.05) is 6.20 Å². The van der Waals surface area contributed by atoms with Crippen LogP contribution in [0.1, 0.15) is 29.2 Å². The van der Waals surface area contributed by atoms with Gasteiger partial charge in [-0.05, 0) is 36.0 Å². The predicted octanol–water partition coefficient (Wildman–Crippen LogP) is 3.24. The van der Waals surface area contributed by atoms with Crippen molar-refractivity contribution in [2.45, 2.75) is 25.3 Å². The number of benzene rings is 1. The predicted molar refractivity (Wildman–Crippen MR) is 80.5 cm³/mol. The van der Waals surface area contributed by atoms with Gasteiger partial charge in [0.15, 0.2) is 0 Å². The van der Waals surface area contributed by atoms with E-state index in [2.05, 4.69) is 52.3 Å². The molecule has 1 aliphatic carbocycles. The molecule has 0 radical (unpaired) electrons. The Labute approximate surface area is 120 Å². The first-order valence-corrected chi connectivity index (χ1v) is 7.58. The molecule has 1 aliphatic heterocycles. The third-order valence-corrected chi connectivity index (χ3v) is 4.68. The topological polar surface area (TPSA) is 16.1 Å². The van der Waals surface area contributed by atoms with Crippen molar-refractivity contribution in [3.05, 3.63) is 65.5 Å². The molecule has 1 saturated heterocycles. The molecule has 102 valence electrons. The molecule has 2 nitrogen and oxygen atoms in total. The summed E-state index contributed by atoms with van der Waals surface area (Å²) in [6.45, 7) is 3.48. The molecule has 1 aromatic carbocycles. The van der Waals surface area contributed by atoms with Gasteiger partial charge in [-0.25, -0.2) is 0 Å². The summed E-state index contributed by atoms with van der Waals surface area (Å²) in [7, 11) is 0. The summed E-state index contributed by atoms with van der Waals surface area (Å²) in [5.74, 6) is 1.46. The van der Waals surface area contributed by atoms with Crippen LogP contribution < -0.4 is 0 Å². The van der Waals surface area contributed by atoms with Crippen molar-refractivity contribution < 1.29 is 0 Å². The molecule has 1 aromatic heterocycles. The second-order valence-corrected chi connectivity index (χ2v) is 6.23. The van der Waals surface area contributed by atoms with Gasteiger partial charge in [-0.2, -0.15) is 0 Å². The van der Waals surface area contributed by atoms with Crippen molar-refractivity contribution in [3.8, 4) is 0 Å². The number of hydrogen-bond donors (Lipinski definition) is 0. The molecule has 2 aromatic rings. The molecule has 20 heavy (non-hydrogen) atoms. The Kier molecular flexibility index (Phi) is 3.04. The molecule has 0 amide bonds. The van der Waals surface area contributed by atoms with E-state index in [1.54, 1.807) is 0 Å². The van der Waals surface area contributed by atoms with Gasteiger partial charge in [0.2, 0.25) is 0 Å². The Bertz CT molecular complexity index is 593. The van der Waals surface area contributed by atoms with E-state index in [0.717, 1.165) is 19.0 Å². The Morgan fingerprint density at radius 1 is 1.05 bits per heavy atom. The van der Waals surface area contributed by atoms with Crippen molar-refractivity contribution in [2.24, 2.45) is 5.92 Å². The van der Waals surface area contributed by atoms with Crippen LogP contribution in [-0.2, 0) is 13.0 Å². The van der Waals surface area contributed by atoms with Gasteiger partial charge in [-0.3, -0.25) is 9.88 Å². The highest BCUT2D eigenvalue weighted by molar-refractivity contribution is 5.28. The van der Waals surface area contributed by atoms with Crippen molar-refractivity contribution in [1.82, 2.24) is 9.88 Å². The first-order chi connectivity index (χ1) is 9.88. The van der Waals surface area contributed by atoms with E-state index in [4.69, 9.17) is 0 Å². The fourth-order valence-electron chi connectivity index (χ4n) is 3.92. The molecule has 2 unspecified atom stereocenters. The van der Waals surface area contributed by atoms with E-state index in [9.17, 15) is 0 Å². The van der Waals surface area contributed by atoms with Gasteiger partial charge >= 0.3 is 0 Å². The van der Waals surface area contributed by atoms with Crippen LogP contribution in [0.5, 0.6) is 0 Å². The molecule has 1 fully saturated rings. The SMILES string of the molecule is c1ccc(CN2CC3Cc4cccnc4C(C3)C2)cc1. The first kappa shape index (κ1) is 12.1. The summed E-state index contributed by atoms with van der Waals surface area (Å²) in [6, 6.07) is 15.2. The van der Waals surface area contributed by atoms with Crippen LogP contribution in [0, 0.1) is 5.92 Å². The lowest BCUT2D eigenvalue weighted by Gasteiger charge is -2.41. The van der Waals surface area contributed by atoms with Crippen LogP contribution in [-0.4, -0.2) is 23.0 Å². The lowest BCUT2D eigenvalue weighted by Crippen LogP contribution is -2.42. The number of nitrogens with zero attached hydrogens (tertiary/aromatic N) is 2. The Morgan fingerprint density at radius 3 is 2.85 bits per heavy atom. The second kappa shape index (κ2) is 5.02. The molecular formula is C18H20N2. The van der Waals surface area contributed by atoms with Crippen molar-refractivity contribution in [3.63, 3.8) is 0 Å². The monoisotopic (exact) mass is 264 g/mol. The number of aromatic nitrogens is 1. The van der Waals surface area contributed by atoms with E-state index in [1.165, 1.54) is 36.2 Å². The van der Waals surface area contributed by atoms with Gasteiger partial charge in [0.25, 0.3) is 0 Å². The molecular weight excluding hydrogens is 244 g/mol. The molecule has 2 heterocycles. The van der Waals surface area contributed by atoms with Crippen LogP contribution in [0.25, 0.3) is 0 Å². The zero-order valence-corrected chi connectivity index (χ0v) is 11.7. The fraction of sp³-hybridized carbons (Fsp3) is 0.389. The molecule has 2 bridgehead atoms. The fourth-order valence-corrected chi connectivity index (χ4v) is 3.92. The second-order valence-electron chi connectivity index (χ2n) is 6.23. The zero-order valence-electron chi connectivity index (χ0n) is 11.7. The number of hydrogen-bond acceptors (Lipinski definition) is 2. The summed E-state index contributed by atoms with van der Waals surface area (Å²) in [6.07, 6.45) is 4.50. The minimum atomic E-state index is 0.641. The maximum absolute atomic E-state index is 4.65. The van der Waals surface area contributed by atoms with Crippen LogP contribution in [0.3, 0.4) is 0 Å². The number of pyridine rings is 1. The first-order valence-electron chi connectivity index (χ1n) is 7.58. The molecule has 2 heteroatoms. The normalized spacial score (nSPS) is 25.2. The van der Waals surface area contributed by atoms with Crippen LogP contribution in [0.15, 0.2) is 48.7 Å². The van der Waals surface area contributed by atoms with Gasteiger partial charge in [-0.15, -0.1) is 0 Å². The average molecular weight is 264 g/mol. The summed E-state index contributed by atoms with van der Waals surface area (Å²) in [5.41, 5.74) is 4.28. The lowest BCUT2D eigenvalue weighted by molar-refractivity contribution is 0.136. The van der Waals surface area contributed by atoms with Crippen molar-refractivity contribution >= 4 is 0 Å². The molecule has 0 spiro atoms. The maximum atomic E-state index is 4.65. The van der Waals surface area contributed by atoms with Gasteiger partial charge < -0.3 is 0 Å². The highest BCUT2D eigenvalue weighted by Gasteiger charge is 2.34. The largest absolute Gasteiger partial charge is 0.298 e. The highest BCUT2D eigenvalue weighted by atomic mass is 15.1. The van der Waals surface area contributed by atoms with E-state index >= 15 is 0 Å². The Morgan fingerprint density at radius 2 is 1.95 bits per heavy atom. The quantitative estimate of drug-likeness (QED) is 0.828. The van der Waals surface area contributed by atoms with Gasteiger partial charge in [0.1, 0.15) is 0 Å². The number of likely N-dealkylation sites (tertiary alicyclic amines) is 1. The summed E-state index contributed by atoms with van der Waals surface area (Å²) >= 11 is 0. The Balaban J connectivity index is 1.54.